The fourth-order valence-corrected chi connectivity index (χ4v) is 3.79. The number of methoxy groups -OCH3 is 1. The second-order valence-corrected chi connectivity index (χ2v) is 7.39. The lowest BCUT2D eigenvalue weighted by atomic mass is 10.1. The van der Waals surface area contributed by atoms with E-state index >= 15 is 0 Å². The van der Waals surface area contributed by atoms with Crippen LogP contribution in [0.1, 0.15) is 10.4 Å². The molecule has 0 atom stereocenters. The molecule has 4 rings (SSSR count). The number of ether oxygens (including phenoxy) is 1. The Balaban J connectivity index is 1.58. The van der Waals surface area contributed by atoms with Gasteiger partial charge in [-0.15, -0.1) is 11.3 Å². The van der Waals surface area contributed by atoms with Gasteiger partial charge in [0.15, 0.2) is 0 Å². The average Bonchev–Trinajstić information content (AvgIpc) is 3.41. The minimum absolute atomic E-state index is 0.0233. The lowest BCUT2D eigenvalue weighted by Crippen LogP contribution is -2.16. The van der Waals surface area contributed by atoms with Crippen molar-refractivity contribution < 1.29 is 14.5 Å². The highest BCUT2D eigenvalue weighted by atomic mass is 32.1. The summed E-state index contributed by atoms with van der Waals surface area (Å²) in [6, 6.07) is 15.1. The zero-order valence-electron chi connectivity index (χ0n) is 16.6. The molecule has 0 fully saturated rings. The van der Waals surface area contributed by atoms with Gasteiger partial charge >= 0.3 is 0 Å². The van der Waals surface area contributed by atoms with Crippen LogP contribution in [0.25, 0.3) is 22.0 Å². The van der Waals surface area contributed by atoms with E-state index in [-0.39, 0.29) is 11.3 Å². The van der Waals surface area contributed by atoms with Crippen molar-refractivity contribution in [2.75, 3.05) is 12.4 Å². The van der Waals surface area contributed by atoms with Crippen molar-refractivity contribution in [3.05, 3.63) is 75.7 Å². The number of thiazole rings is 1. The lowest BCUT2D eigenvalue weighted by molar-refractivity contribution is -0.385. The highest BCUT2D eigenvalue weighted by molar-refractivity contribution is 7.13. The van der Waals surface area contributed by atoms with Crippen molar-refractivity contribution in [2.45, 2.75) is 0 Å². The number of nitrogens with zero attached hydrogens (tertiary/aromatic N) is 4. The number of aromatic nitrogens is 3. The third-order valence-corrected chi connectivity index (χ3v) is 5.42. The van der Waals surface area contributed by atoms with Gasteiger partial charge in [0, 0.05) is 30.1 Å². The number of rotatable bonds is 6. The van der Waals surface area contributed by atoms with Crippen molar-refractivity contribution in [3.63, 3.8) is 0 Å². The lowest BCUT2D eigenvalue weighted by Gasteiger charge is -2.05. The number of hydrogen-bond acceptors (Lipinski definition) is 7. The van der Waals surface area contributed by atoms with Crippen LogP contribution < -0.4 is 10.1 Å². The van der Waals surface area contributed by atoms with Crippen molar-refractivity contribution >= 4 is 28.7 Å². The number of anilines is 1. The van der Waals surface area contributed by atoms with Gasteiger partial charge in [0.25, 0.3) is 11.6 Å². The molecule has 0 saturated heterocycles. The van der Waals surface area contributed by atoms with Crippen LogP contribution in [0.3, 0.4) is 0 Å². The Hall–Kier alpha value is -4.05. The number of amides is 1. The Morgan fingerprint density at radius 1 is 1.16 bits per heavy atom. The molecule has 10 heteroatoms. The molecule has 0 spiro atoms. The monoisotopic (exact) mass is 435 g/mol. The van der Waals surface area contributed by atoms with Crippen LogP contribution in [0.15, 0.2) is 60.0 Å². The van der Waals surface area contributed by atoms with Gasteiger partial charge in [-0.05, 0) is 18.2 Å². The maximum absolute atomic E-state index is 12.6. The molecule has 0 saturated carbocycles. The summed E-state index contributed by atoms with van der Waals surface area (Å²) in [7, 11) is 3.29. The topological polar surface area (TPSA) is 112 Å². The normalized spacial score (nSPS) is 10.6. The minimum Gasteiger partial charge on any atom is -0.497 e. The maximum Gasteiger partial charge on any atom is 0.282 e. The van der Waals surface area contributed by atoms with E-state index in [4.69, 9.17) is 4.74 Å². The Labute approximate surface area is 181 Å². The van der Waals surface area contributed by atoms with Crippen molar-refractivity contribution in [1.82, 2.24) is 14.8 Å². The second kappa shape index (κ2) is 8.36. The summed E-state index contributed by atoms with van der Waals surface area (Å²) in [6.45, 7) is 0. The van der Waals surface area contributed by atoms with E-state index < -0.39 is 10.8 Å². The van der Waals surface area contributed by atoms with Gasteiger partial charge in [-0.25, -0.2) is 4.98 Å². The van der Waals surface area contributed by atoms with Gasteiger partial charge in [-0.2, -0.15) is 5.10 Å². The van der Waals surface area contributed by atoms with Crippen molar-refractivity contribution in [1.29, 1.82) is 0 Å². The number of carbonyl (C=O) groups excluding carboxylic acids is 1. The van der Waals surface area contributed by atoms with Gasteiger partial charge in [0.1, 0.15) is 27.8 Å². The molecule has 31 heavy (non-hydrogen) atoms. The zero-order chi connectivity index (χ0) is 22.0. The van der Waals surface area contributed by atoms with E-state index in [2.05, 4.69) is 15.4 Å². The fourth-order valence-electron chi connectivity index (χ4n) is 3.00. The Morgan fingerprint density at radius 2 is 1.97 bits per heavy atom. The fraction of sp³-hybridized carbons (Fsp3) is 0.0952. The third kappa shape index (κ3) is 4.14. The highest BCUT2D eigenvalue weighted by Gasteiger charge is 2.21. The van der Waals surface area contributed by atoms with Crippen LogP contribution in [-0.4, -0.2) is 32.7 Å². The number of para-hydroxylation sites is 1. The Kier molecular flexibility index (Phi) is 5.46. The van der Waals surface area contributed by atoms with Crippen LogP contribution >= 0.6 is 11.3 Å². The molecule has 0 unspecified atom stereocenters. The molecule has 4 aromatic rings. The first-order valence-electron chi connectivity index (χ1n) is 9.15. The molecule has 2 heterocycles. The zero-order valence-corrected chi connectivity index (χ0v) is 17.4. The molecule has 0 aliphatic rings. The first-order valence-corrected chi connectivity index (χ1v) is 10.0. The third-order valence-electron chi connectivity index (χ3n) is 4.56. The van der Waals surface area contributed by atoms with E-state index in [9.17, 15) is 14.9 Å². The van der Waals surface area contributed by atoms with Gasteiger partial charge in [0.05, 0.1) is 17.7 Å². The maximum atomic E-state index is 12.6. The van der Waals surface area contributed by atoms with Crippen LogP contribution in [0.2, 0.25) is 0 Å². The summed E-state index contributed by atoms with van der Waals surface area (Å²) in [6.07, 6.45) is 0. The summed E-state index contributed by atoms with van der Waals surface area (Å²) in [4.78, 5) is 27.8. The van der Waals surface area contributed by atoms with E-state index in [0.717, 1.165) is 17.0 Å². The van der Waals surface area contributed by atoms with E-state index in [1.807, 2.05) is 29.6 Å². The van der Waals surface area contributed by atoms with E-state index in [1.165, 1.54) is 34.2 Å². The van der Waals surface area contributed by atoms with Gasteiger partial charge in [0.2, 0.25) is 0 Å². The molecule has 1 amide bonds. The summed E-state index contributed by atoms with van der Waals surface area (Å²) >= 11 is 1.42. The number of benzene rings is 2. The number of hydrogen-bond donors (Lipinski definition) is 1. The molecule has 2 aromatic heterocycles. The number of aryl methyl sites for hydroxylation is 1. The smallest absolute Gasteiger partial charge is 0.282 e. The predicted molar refractivity (Wildman–Crippen MR) is 117 cm³/mol. The summed E-state index contributed by atoms with van der Waals surface area (Å²) in [5.41, 5.74) is 2.01. The summed E-state index contributed by atoms with van der Waals surface area (Å²) in [5, 5.41) is 20.9. The van der Waals surface area contributed by atoms with Crippen LogP contribution in [0.5, 0.6) is 5.75 Å². The van der Waals surface area contributed by atoms with Gasteiger partial charge in [-0.1, -0.05) is 24.3 Å². The van der Waals surface area contributed by atoms with Crippen molar-refractivity contribution in [3.8, 4) is 27.7 Å². The molecular weight excluding hydrogens is 418 g/mol. The Morgan fingerprint density at radius 3 is 2.74 bits per heavy atom. The summed E-state index contributed by atoms with van der Waals surface area (Å²) in [5.74, 6) is 0.555. The first-order chi connectivity index (χ1) is 15.0. The predicted octanol–water partition coefficient (Wildman–Crippen LogP) is 4.38. The number of nitro benzene ring substituents is 1. The largest absolute Gasteiger partial charge is 0.497 e. The quantitative estimate of drug-likeness (QED) is 0.355. The molecule has 0 aliphatic carbocycles. The second-order valence-electron chi connectivity index (χ2n) is 6.54. The van der Waals surface area contributed by atoms with Crippen LogP contribution in [0.4, 0.5) is 11.5 Å². The van der Waals surface area contributed by atoms with Crippen LogP contribution in [-0.2, 0) is 7.05 Å². The molecule has 0 aliphatic heterocycles. The number of nitro groups is 1. The molecule has 156 valence electrons. The molecule has 0 radical (unpaired) electrons. The van der Waals surface area contributed by atoms with E-state index in [1.54, 1.807) is 26.3 Å². The highest BCUT2D eigenvalue weighted by Crippen LogP contribution is 2.31. The first kappa shape index (κ1) is 20.2. The minimum atomic E-state index is -0.585. The molecule has 0 bridgehead atoms. The molecule has 9 nitrogen and oxygen atoms in total. The molecule has 1 N–H and O–H groups in total. The van der Waals surface area contributed by atoms with Crippen molar-refractivity contribution in [2.24, 2.45) is 7.05 Å². The SMILES string of the molecule is COc1cccc(-c2csc(-c3cc(NC(=O)c4ccccc4[N+](=O)[O-])n(C)n3)n2)c1. The van der Waals surface area contributed by atoms with Gasteiger partial charge in [-0.3, -0.25) is 19.6 Å². The number of nitrogens with one attached hydrogen (secondary N) is 1. The standard InChI is InChI=1S/C21H17N5O4S/c1-25-19(23-20(27)15-8-3-4-9-18(15)26(28)29)11-16(24-25)21-22-17(12-31-21)13-6-5-7-14(10-13)30-2/h3-12H,1-2H3,(H,23,27). The Bertz CT molecular complexity index is 1280. The van der Waals surface area contributed by atoms with Crippen LogP contribution in [0, 0.1) is 10.1 Å². The summed E-state index contributed by atoms with van der Waals surface area (Å²) < 4.78 is 6.76. The van der Waals surface area contributed by atoms with Gasteiger partial charge < -0.3 is 10.1 Å². The number of carbonyl (C=O) groups is 1. The molecule has 2 aromatic carbocycles. The van der Waals surface area contributed by atoms with E-state index in [0.29, 0.717) is 16.5 Å². The molecular formula is C21H17N5O4S. The average molecular weight is 435 g/mol.